The van der Waals surface area contributed by atoms with Crippen molar-refractivity contribution in [1.29, 1.82) is 0 Å². The topological polar surface area (TPSA) is 59.9 Å². The molecular weight excluding hydrogens is 380 g/mol. The highest BCUT2D eigenvalue weighted by Crippen LogP contribution is 2.21. The first kappa shape index (κ1) is 17.4. The molecule has 5 aromatic rings. The van der Waals surface area contributed by atoms with E-state index in [1.165, 1.54) is 0 Å². The molecule has 0 unspecified atom stereocenters. The molecule has 0 saturated heterocycles. The van der Waals surface area contributed by atoms with Crippen molar-refractivity contribution in [2.45, 2.75) is 0 Å². The highest BCUT2D eigenvalue weighted by molar-refractivity contribution is 7.08. The fourth-order valence-electron chi connectivity index (χ4n) is 3.32. The van der Waals surface area contributed by atoms with Crippen LogP contribution in [0.5, 0.6) is 0 Å². The van der Waals surface area contributed by atoms with Crippen LogP contribution in [0.2, 0.25) is 0 Å². The van der Waals surface area contributed by atoms with Gasteiger partial charge in [0.2, 0.25) is 17.4 Å². The van der Waals surface area contributed by atoms with Crippen molar-refractivity contribution in [3.8, 4) is 0 Å². The molecule has 29 heavy (non-hydrogen) atoms. The van der Waals surface area contributed by atoms with Gasteiger partial charge in [-0.05, 0) is 45.2 Å². The summed E-state index contributed by atoms with van der Waals surface area (Å²) in [6, 6.07) is 26.7. The Bertz CT molecular complexity index is 1300. The lowest BCUT2D eigenvalue weighted by Gasteiger charge is -2.01. The first-order valence-electron chi connectivity index (χ1n) is 9.10. The van der Waals surface area contributed by atoms with Crippen molar-refractivity contribution in [2.24, 2.45) is 0 Å². The van der Waals surface area contributed by atoms with Gasteiger partial charge in [-0.25, -0.2) is 4.98 Å². The van der Waals surface area contributed by atoms with Crippen molar-refractivity contribution >= 4 is 44.6 Å². The van der Waals surface area contributed by atoms with E-state index in [1.54, 1.807) is 12.1 Å². The largest absolute Gasteiger partial charge is 0.286 e. The standard InChI is InChI=1S/C24H14N2O2S/c27-21(19-11-9-15-5-1-3-7-17(15)13-19)23-25-24(29-26-23)22(28)20-12-10-16-6-2-4-8-18(16)14-20/h1-14H. The van der Waals surface area contributed by atoms with Crippen molar-refractivity contribution in [1.82, 2.24) is 9.36 Å². The molecule has 0 fully saturated rings. The smallest absolute Gasteiger partial charge is 0.231 e. The van der Waals surface area contributed by atoms with Crippen molar-refractivity contribution in [3.63, 3.8) is 0 Å². The number of benzene rings is 4. The summed E-state index contributed by atoms with van der Waals surface area (Å²) in [6.45, 7) is 0. The lowest BCUT2D eigenvalue weighted by molar-refractivity contribution is 0.103. The molecule has 0 aliphatic heterocycles. The van der Waals surface area contributed by atoms with Crippen LogP contribution in [0.25, 0.3) is 21.5 Å². The zero-order valence-electron chi connectivity index (χ0n) is 15.2. The molecule has 0 amide bonds. The number of ketones is 2. The highest BCUT2D eigenvalue weighted by Gasteiger charge is 2.20. The molecule has 0 aliphatic rings. The molecule has 0 radical (unpaired) electrons. The lowest BCUT2D eigenvalue weighted by Crippen LogP contribution is -2.06. The Hall–Kier alpha value is -3.70. The zero-order chi connectivity index (χ0) is 19.8. The van der Waals surface area contributed by atoms with Gasteiger partial charge in [-0.1, -0.05) is 72.8 Å². The molecular formula is C24H14N2O2S. The third-order valence-corrected chi connectivity index (χ3v) is 5.56. The molecule has 4 aromatic carbocycles. The average Bonchev–Trinajstić information content (AvgIpc) is 3.27. The summed E-state index contributed by atoms with van der Waals surface area (Å²) >= 11 is 0.953. The number of nitrogens with zero attached hydrogens (tertiary/aromatic N) is 2. The van der Waals surface area contributed by atoms with Crippen LogP contribution >= 0.6 is 11.5 Å². The Morgan fingerprint density at radius 2 is 1.14 bits per heavy atom. The van der Waals surface area contributed by atoms with Gasteiger partial charge in [-0.3, -0.25) is 9.59 Å². The van der Waals surface area contributed by atoms with Crippen molar-refractivity contribution in [3.05, 3.63) is 107 Å². The summed E-state index contributed by atoms with van der Waals surface area (Å²) in [5, 5.41) is 4.29. The predicted molar refractivity (Wildman–Crippen MR) is 115 cm³/mol. The predicted octanol–water partition coefficient (Wildman–Crippen LogP) is 5.31. The van der Waals surface area contributed by atoms with E-state index in [1.807, 2.05) is 72.8 Å². The first-order valence-corrected chi connectivity index (χ1v) is 9.87. The molecule has 1 aromatic heterocycles. The minimum Gasteiger partial charge on any atom is -0.286 e. The van der Waals surface area contributed by atoms with Crippen molar-refractivity contribution in [2.75, 3.05) is 0 Å². The van der Waals surface area contributed by atoms with Gasteiger partial charge in [0.05, 0.1) is 0 Å². The fraction of sp³-hybridized carbons (Fsp3) is 0. The third kappa shape index (κ3) is 3.22. The molecule has 5 heteroatoms. The second-order valence-electron chi connectivity index (χ2n) is 6.71. The first-order chi connectivity index (χ1) is 14.2. The Morgan fingerprint density at radius 3 is 1.72 bits per heavy atom. The van der Waals surface area contributed by atoms with E-state index in [9.17, 15) is 9.59 Å². The SMILES string of the molecule is O=C(c1ccc2ccccc2c1)c1nsc(C(=O)c2ccc3ccccc3c2)n1. The molecule has 138 valence electrons. The van der Waals surface area contributed by atoms with E-state index >= 15 is 0 Å². The third-order valence-electron chi connectivity index (χ3n) is 4.85. The number of hydrogen-bond donors (Lipinski definition) is 0. The maximum Gasteiger partial charge on any atom is 0.231 e. The van der Waals surface area contributed by atoms with Crippen LogP contribution < -0.4 is 0 Å². The Morgan fingerprint density at radius 1 is 0.621 bits per heavy atom. The van der Waals surface area contributed by atoms with E-state index in [2.05, 4.69) is 9.36 Å². The molecule has 4 nitrogen and oxygen atoms in total. The number of fused-ring (bicyclic) bond motifs is 2. The van der Waals surface area contributed by atoms with Crippen LogP contribution in [0, 0.1) is 0 Å². The molecule has 1 heterocycles. The molecule has 0 atom stereocenters. The van der Waals surface area contributed by atoms with E-state index in [0.29, 0.717) is 11.1 Å². The quantitative estimate of drug-likeness (QED) is 0.388. The minimum atomic E-state index is -0.287. The summed E-state index contributed by atoms with van der Waals surface area (Å²) < 4.78 is 4.14. The van der Waals surface area contributed by atoms with Gasteiger partial charge in [-0.2, -0.15) is 4.37 Å². The van der Waals surface area contributed by atoms with E-state index in [0.717, 1.165) is 33.1 Å². The summed E-state index contributed by atoms with van der Waals surface area (Å²) in [7, 11) is 0. The summed E-state index contributed by atoms with van der Waals surface area (Å²) in [5.74, 6) is -0.468. The number of carbonyl (C=O) groups is 2. The number of carbonyl (C=O) groups excluding carboxylic acids is 2. The van der Waals surface area contributed by atoms with Gasteiger partial charge >= 0.3 is 0 Å². The normalized spacial score (nSPS) is 11.0. The van der Waals surface area contributed by atoms with E-state index < -0.39 is 0 Å². The van der Waals surface area contributed by atoms with Crippen LogP contribution in [0.3, 0.4) is 0 Å². The number of aromatic nitrogens is 2. The van der Waals surface area contributed by atoms with Crippen LogP contribution in [0.15, 0.2) is 84.9 Å². The van der Waals surface area contributed by atoms with Gasteiger partial charge in [0.25, 0.3) is 0 Å². The molecule has 0 bridgehead atoms. The van der Waals surface area contributed by atoms with Crippen LogP contribution in [0.1, 0.15) is 31.5 Å². The molecule has 0 aliphatic carbocycles. The Kier molecular flexibility index (Phi) is 4.22. The Balaban J connectivity index is 1.45. The maximum absolute atomic E-state index is 12.8. The van der Waals surface area contributed by atoms with E-state index in [4.69, 9.17) is 0 Å². The zero-order valence-corrected chi connectivity index (χ0v) is 16.0. The van der Waals surface area contributed by atoms with E-state index in [-0.39, 0.29) is 22.4 Å². The second kappa shape index (κ2) is 7.04. The molecule has 5 rings (SSSR count). The van der Waals surface area contributed by atoms with Crippen LogP contribution in [-0.4, -0.2) is 20.9 Å². The van der Waals surface area contributed by atoms with Gasteiger partial charge in [0.15, 0.2) is 5.01 Å². The minimum absolute atomic E-state index is 0.0504. The lowest BCUT2D eigenvalue weighted by atomic mass is 10.0. The second-order valence-corrected chi connectivity index (χ2v) is 7.46. The summed E-state index contributed by atoms with van der Waals surface area (Å²) in [5.41, 5.74) is 1.04. The monoisotopic (exact) mass is 394 g/mol. The summed E-state index contributed by atoms with van der Waals surface area (Å²) in [4.78, 5) is 29.9. The van der Waals surface area contributed by atoms with Gasteiger partial charge in [-0.15, -0.1) is 0 Å². The van der Waals surface area contributed by atoms with Gasteiger partial charge in [0, 0.05) is 11.1 Å². The molecule has 0 saturated carbocycles. The molecule has 0 spiro atoms. The Labute approximate surface area is 170 Å². The highest BCUT2D eigenvalue weighted by atomic mass is 32.1. The molecule has 0 N–H and O–H groups in total. The summed E-state index contributed by atoms with van der Waals surface area (Å²) in [6.07, 6.45) is 0. The van der Waals surface area contributed by atoms with Crippen LogP contribution in [0.4, 0.5) is 0 Å². The fourth-order valence-corrected chi connectivity index (χ4v) is 3.95. The van der Waals surface area contributed by atoms with Gasteiger partial charge < -0.3 is 0 Å². The van der Waals surface area contributed by atoms with Gasteiger partial charge in [0.1, 0.15) is 0 Å². The van der Waals surface area contributed by atoms with Crippen LogP contribution in [-0.2, 0) is 0 Å². The number of rotatable bonds is 4. The number of hydrogen-bond acceptors (Lipinski definition) is 5. The maximum atomic E-state index is 12.8. The average molecular weight is 394 g/mol. The van der Waals surface area contributed by atoms with Crippen molar-refractivity contribution < 1.29 is 9.59 Å².